The lowest BCUT2D eigenvalue weighted by atomic mass is 10.1. The van der Waals surface area contributed by atoms with Gasteiger partial charge in [0.05, 0.1) is 6.61 Å². The lowest BCUT2D eigenvalue weighted by Gasteiger charge is -2.18. The van der Waals surface area contributed by atoms with E-state index in [-0.39, 0.29) is 0 Å². The Morgan fingerprint density at radius 3 is 2.94 bits per heavy atom. The van der Waals surface area contributed by atoms with Crippen LogP contribution in [0.4, 0.5) is 0 Å². The monoisotopic (exact) mass is 237 g/mol. The van der Waals surface area contributed by atoms with Gasteiger partial charge in [0, 0.05) is 20.4 Å². The van der Waals surface area contributed by atoms with Gasteiger partial charge < -0.3 is 15.0 Å². The summed E-state index contributed by atoms with van der Waals surface area (Å²) in [6.45, 7) is 2.10. The fraction of sp³-hybridized carbons (Fsp3) is 0.500. The second-order valence-corrected chi connectivity index (χ2v) is 4.11. The minimum Gasteiger partial charge on any atom is -0.382 e. The number of aromatic nitrogens is 4. The fourth-order valence-electron chi connectivity index (χ4n) is 1.51. The molecule has 0 amide bonds. The van der Waals surface area contributed by atoms with Crippen molar-refractivity contribution in [2.75, 3.05) is 13.7 Å². The molecule has 0 fully saturated rings. The number of hydrogen-bond acceptors (Lipinski definition) is 6. The molecule has 0 aromatic carbocycles. The van der Waals surface area contributed by atoms with Gasteiger partial charge in [-0.3, -0.25) is 4.68 Å². The molecule has 0 saturated heterocycles. The molecule has 0 spiro atoms. The van der Waals surface area contributed by atoms with E-state index in [1.54, 1.807) is 38.0 Å². The van der Waals surface area contributed by atoms with Crippen molar-refractivity contribution in [2.45, 2.75) is 12.5 Å². The number of nitrogens with zero attached hydrogens (tertiary/aromatic N) is 4. The average molecular weight is 237 g/mol. The second-order valence-electron chi connectivity index (χ2n) is 4.11. The summed E-state index contributed by atoms with van der Waals surface area (Å²) in [5.41, 5.74) is 6.00. The number of rotatable bonds is 4. The van der Waals surface area contributed by atoms with Crippen LogP contribution in [-0.2, 0) is 17.3 Å². The Balaban J connectivity index is 2.31. The lowest BCUT2D eigenvalue weighted by Crippen LogP contribution is -2.38. The molecular weight excluding hydrogens is 222 g/mol. The number of ether oxygens (including phenoxy) is 1. The third-order valence-electron chi connectivity index (χ3n) is 2.42. The quantitative estimate of drug-likeness (QED) is 0.821. The predicted octanol–water partition coefficient (Wildman–Crippen LogP) is 0.290. The first-order valence-electron chi connectivity index (χ1n) is 5.15. The van der Waals surface area contributed by atoms with Crippen molar-refractivity contribution >= 4 is 0 Å². The highest BCUT2D eigenvalue weighted by molar-refractivity contribution is 5.46. The van der Waals surface area contributed by atoms with Crippen LogP contribution in [0.5, 0.6) is 0 Å². The molecule has 2 rings (SSSR count). The summed E-state index contributed by atoms with van der Waals surface area (Å²) >= 11 is 0. The van der Waals surface area contributed by atoms with Crippen molar-refractivity contribution in [1.29, 1.82) is 0 Å². The highest BCUT2D eigenvalue weighted by Gasteiger charge is 2.28. The zero-order valence-electron chi connectivity index (χ0n) is 10.0. The number of nitrogens with two attached hydrogens (primary N) is 1. The fourth-order valence-corrected chi connectivity index (χ4v) is 1.51. The van der Waals surface area contributed by atoms with Crippen LogP contribution in [0.1, 0.15) is 12.7 Å². The largest absolute Gasteiger partial charge is 0.382 e. The molecule has 2 aromatic rings. The standard InChI is InChI=1S/C10H15N5O2/c1-10(11,6-16-3)9-13-8(17-14-9)7-4-5-12-15(7)2/h4-5H,6,11H2,1-3H3. The van der Waals surface area contributed by atoms with Gasteiger partial charge in [-0.1, -0.05) is 5.16 Å². The maximum absolute atomic E-state index is 6.02. The normalized spacial score (nSPS) is 14.8. The topological polar surface area (TPSA) is 92.0 Å². The summed E-state index contributed by atoms with van der Waals surface area (Å²) in [5.74, 6) is 0.809. The van der Waals surface area contributed by atoms with Crippen molar-refractivity contribution in [2.24, 2.45) is 12.8 Å². The van der Waals surface area contributed by atoms with Crippen LogP contribution in [0.2, 0.25) is 0 Å². The van der Waals surface area contributed by atoms with Gasteiger partial charge in [0.2, 0.25) is 0 Å². The minimum atomic E-state index is -0.769. The molecule has 0 bridgehead atoms. The third-order valence-corrected chi connectivity index (χ3v) is 2.42. The van der Waals surface area contributed by atoms with Gasteiger partial charge in [-0.25, -0.2) is 0 Å². The molecule has 92 valence electrons. The Labute approximate surface area is 98.6 Å². The molecule has 0 aliphatic rings. The van der Waals surface area contributed by atoms with Crippen LogP contribution >= 0.6 is 0 Å². The Hall–Kier alpha value is -1.73. The van der Waals surface area contributed by atoms with E-state index in [2.05, 4.69) is 15.2 Å². The third kappa shape index (κ3) is 2.20. The average Bonchev–Trinajstić information content (AvgIpc) is 2.85. The van der Waals surface area contributed by atoms with Gasteiger partial charge in [0.25, 0.3) is 5.89 Å². The van der Waals surface area contributed by atoms with Crippen molar-refractivity contribution in [3.63, 3.8) is 0 Å². The second kappa shape index (κ2) is 4.27. The summed E-state index contributed by atoms with van der Waals surface area (Å²) < 4.78 is 11.8. The molecule has 7 nitrogen and oxygen atoms in total. The van der Waals surface area contributed by atoms with E-state index in [0.29, 0.717) is 18.3 Å². The van der Waals surface area contributed by atoms with Crippen LogP contribution in [0.15, 0.2) is 16.8 Å². The molecule has 0 aliphatic carbocycles. The van der Waals surface area contributed by atoms with Crippen LogP contribution in [0.3, 0.4) is 0 Å². The lowest BCUT2D eigenvalue weighted by molar-refractivity contribution is 0.135. The van der Waals surface area contributed by atoms with Crippen LogP contribution in [0, 0.1) is 0 Å². The van der Waals surface area contributed by atoms with Crippen LogP contribution < -0.4 is 5.73 Å². The predicted molar refractivity (Wildman–Crippen MR) is 59.9 cm³/mol. The Kier molecular flexibility index (Phi) is 2.95. The number of aryl methyl sites for hydroxylation is 1. The van der Waals surface area contributed by atoms with Crippen molar-refractivity contribution in [3.05, 3.63) is 18.1 Å². The first-order valence-corrected chi connectivity index (χ1v) is 5.15. The van der Waals surface area contributed by atoms with E-state index in [1.807, 2.05) is 0 Å². The molecule has 0 aliphatic heterocycles. The zero-order valence-corrected chi connectivity index (χ0v) is 10.0. The first-order chi connectivity index (χ1) is 8.04. The Morgan fingerprint density at radius 2 is 2.35 bits per heavy atom. The highest BCUT2D eigenvalue weighted by Crippen LogP contribution is 2.20. The number of hydrogen-bond donors (Lipinski definition) is 1. The minimum absolute atomic E-state index is 0.317. The van der Waals surface area contributed by atoms with E-state index in [1.165, 1.54) is 0 Å². The summed E-state index contributed by atoms with van der Waals surface area (Å²) in [5, 5.41) is 7.91. The molecule has 2 heterocycles. The maximum atomic E-state index is 6.02. The van der Waals surface area contributed by atoms with Gasteiger partial charge in [-0.2, -0.15) is 10.1 Å². The molecule has 1 unspecified atom stereocenters. The Bertz CT molecular complexity index is 502. The maximum Gasteiger partial charge on any atom is 0.276 e. The molecule has 0 saturated carbocycles. The van der Waals surface area contributed by atoms with Gasteiger partial charge in [0.1, 0.15) is 11.2 Å². The molecule has 2 aromatic heterocycles. The van der Waals surface area contributed by atoms with Crippen molar-refractivity contribution in [3.8, 4) is 11.6 Å². The van der Waals surface area contributed by atoms with Gasteiger partial charge in [0.15, 0.2) is 5.82 Å². The van der Waals surface area contributed by atoms with E-state index >= 15 is 0 Å². The van der Waals surface area contributed by atoms with Gasteiger partial charge in [-0.15, -0.1) is 0 Å². The molecule has 0 radical (unpaired) electrons. The first kappa shape index (κ1) is 11.7. The van der Waals surface area contributed by atoms with E-state index < -0.39 is 5.54 Å². The molecular formula is C10H15N5O2. The Morgan fingerprint density at radius 1 is 1.59 bits per heavy atom. The van der Waals surface area contributed by atoms with Crippen LogP contribution in [0.25, 0.3) is 11.6 Å². The van der Waals surface area contributed by atoms with E-state index in [4.69, 9.17) is 15.0 Å². The summed E-state index contributed by atoms with van der Waals surface area (Å²) in [6.07, 6.45) is 1.66. The zero-order chi connectivity index (χ0) is 12.5. The molecule has 1 atom stereocenters. The highest BCUT2D eigenvalue weighted by atomic mass is 16.5. The summed E-state index contributed by atoms with van der Waals surface area (Å²) in [4.78, 5) is 4.26. The molecule has 17 heavy (non-hydrogen) atoms. The summed E-state index contributed by atoms with van der Waals surface area (Å²) in [6, 6.07) is 1.79. The molecule has 2 N–H and O–H groups in total. The smallest absolute Gasteiger partial charge is 0.276 e. The SMILES string of the molecule is COCC(C)(N)c1noc(-c2ccnn2C)n1. The van der Waals surface area contributed by atoms with Crippen molar-refractivity contribution < 1.29 is 9.26 Å². The van der Waals surface area contributed by atoms with E-state index in [0.717, 1.165) is 5.69 Å². The van der Waals surface area contributed by atoms with Gasteiger partial charge in [-0.05, 0) is 13.0 Å². The van der Waals surface area contributed by atoms with Gasteiger partial charge >= 0.3 is 0 Å². The van der Waals surface area contributed by atoms with E-state index in [9.17, 15) is 0 Å². The number of methoxy groups -OCH3 is 1. The molecule has 7 heteroatoms. The van der Waals surface area contributed by atoms with Crippen LogP contribution in [-0.4, -0.2) is 33.6 Å². The summed E-state index contributed by atoms with van der Waals surface area (Å²) in [7, 11) is 3.38. The van der Waals surface area contributed by atoms with Crippen molar-refractivity contribution in [1.82, 2.24) is 19.9 Å².